The average molecular weight is 1370 g/mol. The number of hydrogen-bond acceptors (Lipinski definition) is 6. The molecule has 3 aliphatic carbocycles. The summed E-state index contributed by atoms with van der Waals surface area (Å²) in [5.41, 5.74) is 24.6. The summed E-state index contributed by atoms with van der Waals surface area (Å²) in [7, 11) is 0. The molecule has 4 heterocycles. The van der Waals surface area contributed by atoms with Gasteiger partial charge in [-0.05, 0) is 198 Å². The number of benzene rings is 13. The molecule has 0 fully saturated rings. The van der Waals surface area contributed by atoms with Crippen LogP contribution in [0.2, 0.25) is 0 Å². The number of anilines is 6. The van der Waals surface area contributed by atoms with Gasteiger partial charge >= 0.3 is 0 Å². The minimum atomic E-state index is -0.313. The van der Waals surface area contributed by atoms with Crippen molar-refractivity contribution in [2.24, 2.45) is 5.41 Å². The Morgan fingerprint density at radius 3 is 1.28 bits per heavy atom. The lowest BCUT2D eigenvalue weighted by Gasteiger charge is -2.30. The number of para-hydroxylation sites is 2. The van der Waals surface area contributed by atoms with Crippen molar-refractivity contribution >= 4 is 111 Å². The second-order valence-electron chi connectivity index (χ2n) is 32.7. The molecule has 0 amide bonds. The van der Waals surface area contributed by atoms with E-state index in [1.54, 1.807) is 0 Å². The van der Waals surface area contributed by atoms with E-state index in [2.05, 4.69) is 340 Å². The van der Waals surface area contributed by atoms with Crippen LogP contribution in [0.4, 0.5) is 34.5 Å². The smallest absolute Gasteiger partial charge is 0.213 e. The quantitative estimate of drug-likeness (QED) is 0.136. The van der Waals surface area contributed by atoms with Gasteiger partial charge in [0.15, 0.2) is 0 Å². The van der Waals surface area contributed by atoms with Crippen molar-refractivity contribution in [2.45, 2.75) is 97.8 Å². The van der Waals surface area contributed by atoms with E-state index in [1.165, 1.54) is 66.4 Å². The monoisotopic (exact) mass is 1370 g/mol. The Balaban J connectivity index is 0.854. The molecule has 13 aromatic carbocycles. The minimum absolute atomic E-state index is 0.0361. The maximum Gasteiger partial charge on any atom is 0.213 e. The second-order valence-corrected chi connectivity index (χ2v) is 32.7. The van der Waals surface area contributed by atoms with E-state index < -0.39 is 0 Å². The standard InChI is InChI=1S/C100H80N2O4/c1-97(2,3)65-43-35-61(36-44-65)89-77-53-51-74-73(93(77)105-95(89)101(67-47-39-59(40-48-67)87-55-63-23-11-21-33-85(63)103-87)83-57-81-91(71-27-15-13-25-69(71)83)75-29-17-19-31-79(75)99(81,7)8)52-54-78-90(62-37-45-66(46-38-62)98(4,5)6)96(106-94(74)78)102(68-49-41-60(42-50-68)88-56-64-24-12-22-34-86(64)104-88)84-58-82-92(72-28-16-14-26-70(72)84)76-30-18-20-32-80(76)100(82,9)10/h11-37,39-58,62H,38H2,1-10H3. The maximum absolute atomic E-state index is 8.07. The maximum atomic E-state index is 8.07. The highest BCUT2D eigenvalue weighted by Gasteiger charge is 2.41. The number of nitrogens with zero attached hydrogens (tertiary/aromatic N) is 2. The van der Waals surface area contributed by atoms with Crippen LogP contribution in [-0.4, -0.2) is 0 Å². The fraction of sp³-hybridized carbons (Fsp3) is 0.160. The van der Waals surface area contributed by atoms with Crippen LogP contribution in [0.25, 0.3) is 132 Å². The van der Waals surface area contributed by atoms with Gasteiger partial charge in [-0.15, -0.1) is 0 Å². The predicted molar refractivity (Wildman–Crippen MR) is 442 cm³/mol. The molecule has 1 atom stereocenters. The normalized spacial score (nSPS) is 15.1. The van der Waals surface area contributed by atoms with E-state index in [1.807, 2.05) is 24.3 Å². The SMILES string of the molecule is CC(C)(C)C1=CCC(c2c(N(c3ccc(-c4cc5ccccc5o4)cc3)c3cc4c(c5ccccc35)-c3ccccc3C4(C)C)oc3c2ccc2c3ccc3c(-c4ccc(C(C)(C)C)cc4)c(N(c4ccc(-c5cc6ccccc6o5)cc4)c4cc5c(c6ccccc46)-c4ccccc4C5(C)C)oc32)C=C1. The van der Waals surface area contributed by atoms with Crippen molar-refractivity contribution in [3.63, 3.8) is 0 Å². The van der Waals surface area contributed by atoms with Crippen LogP contribution >= 0.6 is 0 Å². The van der Waals surface area contributed by atoms with Gasteiger partial charge in [0.05, 0.1) is 16.9 Å². The Hall–Kier alpha value is -12.1. The Kier molecular flexibility index (Phi) is 13.9. The molecule has 0 saturated heterocycles. The molecule has 6 heteroatoms. The van der Waals surface area contributed by atoms with Crippen LogP contribution in [0.1, 0.15) is 115 Å². The lowest BCUT2D eigenvalue weighted by molar-refractivity contribution is 0.510. The van der Waals surface area contributed by atoms with Crippen LogP contribution in [0.15, 0.2) is 308 Å². The fourth-order valence-electron chi connectivity index (χ4n) is 18.0. The van der Waals surface area contributed by atoms with E-state index in [-0.39, 0.29) is 27.6 Å². The molecule has 514 valence electrons. The van der Waals surface area contributed by atoms with E-state index in [9.17, 15) is 0 Å². The van der Waals surface area contributed by atoms with Crippen LogP contribution in [-0.2, 0) is 16.2 Å². The first-order valence-electron chi connectivity index (χ1n) is 37.4. The molecule has 0 bridgehead atoms. The van der Waals surface area contributed by atoms with Crippen molar-refractivity contribution in [3.05, 3.63) is 324 Å². The molecule has 0 aliphatic heterocycles. The molecule has 6 nitrogen and oxygen atoms in total. The lowest BCUT2D eigenvalue weighted by Crippen LogP contribution is -2.17. The van der Waals surface area contributed by atoms with Crippen molar-refractivity contribution in [3.8, 4) is 56.0 Å². The first-order chi connectivity index (χ1) is 51.3. The zero-order valence-electron chi connectivity index (χ0n) is 61.4. The number of furan rings is 4. The van der Waals surface area contributed by atoms with Gasteiger partial charge in [0.2, 0.25) is 11.8 Å². The van der Waals surface area contributed by atoms with E-state index in [0.29, 0.717) is 5.88 Å². The first kappa shape index (κ1) is 63.6. The van der Waals surface area contributed by atoms with Gasteiger partial charge in [0.1, 0.15) is 33.9 Å². The van der Waals surface area contributed by atoms with Gasteiger partial charge < -0.3 is 17.7 Å². The molecule has 0 saturated carbocycles. The fourth-order valence-corrected chi connectivity index (χ4v) is 18.0. The van der Waals surface area contributed by atoms with E-state index in [4.69, 9.17) is 17.7 Å². The summed E-state index contributed by atoms with van der Waals surface area (Å²) in [6.07, 6.45) is 8.04. The minimum Gasteiger partial charge on any atom is -0.456 e. The third-order valence-electron chi connectivity index (χ3n) is 23.6. The van der Waals surface area contributed by atoms with Gasteiger partial charge in [-0.2, -0.15) is 0 Å². The van der Waals surface area contributed by atoms with Crippen LogP contribution in [0.3, 0.4) is 0 Å². The largest absolute Gasteiger partial charge is 0.456 e. The zero-order valence-corrected chi connectivity index (χ0v) is 61.4. The highest BCUT2D eigenvalue weighted by Crippen LogP contribution is 2.60. The van der Waals surface area contributed by atoms with Gasteiger partial charge in [-0.3, -0.25) is 9.80 Å². The van der Waals surface area contributed by atoms with Gasteiger partial charge in [-0.25, -0.2) is 0 Å². The van der Waals surface area contributed by atoms with Crippen molar-refractivity contribution in [1.29, 1.82) is 0 Å². The Labute approximate surface area is 617 Å². The van der Waals surface area contributed by atoms with Crippen LogP contribution < -0.4 is 9.80 Å². The molecular weight excluding hydrogens is 1290 g/mol. The summed E-state index contributed by atoms with van der Waals surface area (Å²) in [5.74, 6) is 3.06. The Morgan fingerprint density at radius 2 is 0.792 bits per heavy atom. The summed E-state index contributed by atoms with van der Waals surface area (Å²) in [6.45, 7) is 23.3. The predicted octanol–water partition coefficient (Wildman–Crippen LogP) is 29.0. The van der Waals surface area contributed by atoms with Crippen molar-refractivity contribution < 1.29 is 17.7 Å². The van der Waals surface area contributed by atoms with Crippen molar-refractivity contribution in [2.75, 3.05) is 9.80 Å². The molecule has 3 aliphatic rings. The molecule has 1 unspecified atom stereocenters. The van der Waals surface area contributed by atoms with E-state index >= 15 is 0 Å². The average Bonchev–Trinajstić information content (AvgIpc) is 1.58. The number of fused-ring (bicyclic) bond motifs is 17. The molecule has 0 spiro atoms. The van der Waals surface area contributed by atoms with E-state index in [0.717, 1.165) is 140 Å². The van der Waals surface area contributed by atoms with Crippen molar-refractivity contribution in [1.82, 2.24) is 0 Å². The summed E-state index contributed by atoms with van der Waals surface area (Å²) >= 11 is 0. The number of hydrogen-bond donors (Lipinski definition) is 0. The summed E-state index contributed by atoms with van der Waals surface area (Å²) < 4.78 is 29.2. The summed E-state index contributed by atoms with van der Waals surface area (Å²) in [4.78, 5) is 4.83. The third-order valence-corrected chi connectivity index (χ3v) is 23.6. The highest BCUT2D eigenvalue weighted by atomic mass is 16.4. The Morgan fingerprint density at radius 1 is 0.358 bits per heavy atom. The van der Waals surface area contributed by atoms with Gasteiger partial charge in [-0.1, -0.05) is 245 Å². The summed E-state index contributed by atoms with van der Waals surface area (Å²) in [5, 5.41) is 10.7. The molecule has 17 aromatic rings. The molecule has 106 heavy (non-hydrogen) atoms. The lowest BCUT2D eigenvalue weighted by atomic mass is 9.79. The number of rotatable bonds is 10. The second kappa shape index (κ2) is 23.2. The van der Waals surface area contributed by atoms with Gasteiger partial charge in [0, 0.05) is 87.9 Å². The topological polar surface area (TPSA) is 59.0 Å². The van der Waals surface area contributed by atoms with Crippen LogP contribution in [0.5, 0.6) is 0 Å². The highest BCUT2D eigenvalue weighted by molar-refractivity contribution is 6.21. The van der Waals surface area contributed by atoms with Gasteiger partial charge in [0.25, 0.3) is 0 Å². The molecular formula is C100H80N2O4. The molecule has 20 rings (SSSR count). The number of allylic oxidation sites excluding steroid dienone is 4. The zero-order chi connectivity index (χ0) is 71.9. The third kappa shape index (κ3) is 9.69. The molecule has 0 N–H and O–H groups in total. The molecule has 0 radical (unpaired) electrons. The molecule has 4 aromatic heterocycles. The summed E-state index contributed by atoms with van der Waals surface area (Å²) in [6, 6.07) is 97.8. The van der Waals surface area contributed by atoms with Crippen LogP contribution in [0, 0.1) is 5.41 Å². The first-order valence-corrected chi connectivity index (χ1v) is 37.4. The Bertz CT molecular complexity index is 6500.